The lowest BCUT2D eigenvalue weighted by atomic mass is 10.2. The molecule has 0 saturated heterocycles. The summed E-state index contributed by atoms with van der Waals surface area (Å²) in [6.07, 6.45) is 0.701. The van der Waals surface area contributed by atoms with Gasteiger partial charge in [-0.3, -0.25) is 4.79 Å². The monoisotopic (exact) mass is 178 g/mol. The number of benzene rings is 1. The van der Waals surface area contributed by atoms with Gasteiger partial charge in [0.15, 0.2) is 6.29 Å². The second-order valence-electron chi connectivity index (χ2n) is 2.46. The predicted octanol–water partition coefficient (Wildman–Crippen LogP) is 1.04. The highest BCUT2D eigenvalue weighted by molar-refractivity contribution is 5.88. The van der Waals surface area contributed by atoms with Crippen LogP contribution in [0.25, 0.3) is 11.0 Å². The van der Waals surface area contributed by atoms with E-state index in [1.165, 1.54) is 7.11 Å². The van der Waals surface area contributed by atoms with E-state index in [-0.39, 0.29) is 0 Å². The Bertz CT molecular complexity index is 450. The van der Waals surface area contributed by atoms with Gasteiger partial charge in [0.1, 0.15) is 16.8 Å². The van der Waals surface area contributed by atoms with Crippen LogP contribution in [0.5, 0.6) is 5.75 Å². The largest absolute Gasteiger partial charge is 0.496 e. The summed E-state index contributed by atoms with van der Waals surface area (Å²) in [6, 6.07) is 3.17. The standard InChI is InChI=1S/C8H6N2O3/c1-12-8-3-7-6(9-13-10-7)2-5(8)4-11/h2-4H,1H3. The molecule has 5 heteroatoms. The Morgan fingerprint density at radius 2 is 2.08 bits per heavy atom. The highest BCUT2D eigenvalue weighted by Gasteiger charge is 2.07. The summed E-state index contributed by atoms with van der Waals surface area (Å²) in [6.45, 7) is 0. The Morgan fingerprint density at radius 3 is 2.69 bits per heavy atom. The zero-order valence-corrected chi connectivity index (χ0v) is 6.85. The van der Waals surface area contributed by atoms with Crippen molar-refractivity contribution in [2.24, 2.45) is 0 Å². The average Bonchev–Trinajstić information content (AvgIpc) is 2.62. The van der Waals surface area contributed by atoms with Crippen molar-refractivity contribution in [1.82, 2.24) is 10.3 Å². The third kappa shape index (κ3) is 1.14. The molecule has 0 N–H and O–H groups in total. The maximum Gasteiger partial charge on any atom is 0.153 e. The number of fused-ring (bicyclic) bond motifs is 1. The molecule has 0 aliphatic heterocycles. The third-order valence-electron chi connectivity index (χ3n) is 1.73. The molecule has 2 rings (SSSR count). The van der Waals surface area contributed by atoms with Crippen LogP contribution in [0.4, 0.5) is 0 Å². The van der Waals surface area contributed by atoms with Crippen LogP contribution in [-0.2, 0) is 0 Å². The quantitative estimate of drug-likeness (QED) is 0.643. The van der Waals surface area contributed by atoms with Crippen molar-refractivity contribution in [2.45, 2.75) is 0 Å². The topological polar surface area (TPSA) is 65.2 Å². The number of aldehydes is 1. The molecule has 0 unspecified atom stereocenters. The summed E-state index contributed by atoms with van der Waals surface area (Å²) in [5, 5.41) is 7.22. The second-order valence-corrected chi connectivity index (χ2v) is 2.46. The molecule has 66 valence electrons. The molecule has 13 heavy (non-hydrogen) atoms. The molecule has 1 aromatic heterocycles. The lowest BCUT2D eigenvalue weighted by Gasteiger charge is -2.00. The summed E-state index contributed by atoms with van der Waals surface area (Å²) in [5.74, 6) is 0.471. The normalized spacial score (nSPS) is 10.2. The van der Waals surface area contributed by atoms with Crippen molar-refractivity contribution in [2.75, 3.05) is 7.11 Å². The Labute approximate surface area is 73.3 Å². The van der Waals surface area contributed by atoms with Crippen molar-refractivity contribution >= 4 is 17.3 Å². The first-order chi connectivity index (χ1) is 6.35. The van der Waals surface area contributed by atoms with Crippen molar-refractivity contribution in [1.29, 1.82) is 0 Å². The smallest absolute Gasteiger partial charge is 0.153 e. The minimum atomic E-state index is 0.436. The molecule has 5 nitrogen and oxygen atoms in total. The lowest BCUT2D eigenvalue weighted by Crippen LogP contribution is -1.90. The van der Waals surface area contributed by atoms with Crippen molar-refractivity contribution in [3.8, 4) is 5.75 Å². The number of hydrogen-bond acceptors (Lipinski definition) is 5. The van der Waals surface area contributed by atoms with Gasteiger partial charge in [-0.15, -0.1) is 0 Å². The molecule has 0 bridgehead atoms. The number of carbonyl (C=O) groups is 1. The first-order valence-corrected chi connectivity index (χ1v) is 3.60. The van der Waals surface area contributed by atoms with E-state index < -0.39 is 0 Å². The number of carbonyl (C=O) groups excluding carboxylic acids is 1. The van der Waals surface area contributed by atoms with Crippen LogP contribution >= 0.6 is 0 Å². The SMILES string of the molecule is COc1cc2nonc2cc1C=O. The zero-order chi connectivity index (χ0) is 9.26. The molecular formula is C8H6N2O3. The van der Waals surface area contributed by atoms with E-state index in [1.807, 2.05) is 0 Å². The van der Waals surface area contributed by atoms with Gasteiger partial charge < -0.3 is 4.74 Å². The van der Waals surface area contributed by atoms with Gasteiger partial charge in [-0.05, 0) is 16.4 Å². The summed E-state index contributed by atoms with van der Waals surface area (Å²) < 4.78 is 9.47. The van der Waals surface area contributed by atoms with E-state index in [0.717, 1.165) is 0 Å². The van der Waals surface area contributed by atoms with Crippen molar-refractivity contribution < 1.29 is 14.2 Å². The fourth-order valence-electron chi connectivity index (χ4n) is 1.10. The Balaban J connectivity index is 2.73. The molecule has 2 aromatic rings. The molecule has 0 radical (unpaired) electrons. The first kappa shape index (κ1) is 7.72. The van der Waals surface area contributed by atoms with Gasteiger partial charge in [0.25, 0.3) is 0 Å². The minimum Gasteiger partial charge on any atom is -0.496 e. The molecule has 0 saturated carbocycles. The molecule has 1 aromatic carbocycles. The summed E-state index contributed by atoms with van der Waals surface area (Å²) >= 11 is 0. The lowest BCUT2D eigenvalue weighted by molar-refractivity contribution is 0.112. The molecular weight excluding hydrogens is 172 g/mol. The predicted molar refractivity (Wildman–Crippen MR) is 43.7 cm³/mol. The van der Waals surface area contributed by atoms with E-state index in [4.69, 9.17) is 4.74 Å². The highest BCUT2D eigenvalue weighted by atomic mass is 16.6. The van der Waals surface area contributed by atoms with Crippen LogP contribution in [0.15, 0.2) is 16.8 Å². The van der Waals surface area contributed by atoms with Gasteiger partial charge in [-0.1, -0.05) is 0 Å². The maximum absolute atomic E-state index is 10.6. The molecule has 0 fully saturated rings. The van der Waals surface area contributed by atoms with E-state index in [0.29, 0.717) is 28.6 Å². The number of ether oxygens (including phenoxy) is 1. The number of rotatable bonds is 2. The number of nitrogens with zero attached hydrogens (tertiary/aromatic N) is 2. The Morgan fingerprint density at radius 1 is 1.38 bits per heavy atom. The van der Waals surface area contributed by atoms with Gasteiger partial charge in [-0.25, -0.2) is 4.63 Å². The van der Waals surface area contributed by atoms with Crippen LogP contribution in [-0.4, -0.2) is 23.7 Å². The number of aromatic nitrogens is 2. The summed E-state index contributed by atoms with van der Waals surface area (Å²) in [4.78, 5) is 10.6. The molecule has 0 spiro atoms. The van der Waals surface area contributed by atoms with Crippen LogP contribution in [0.1, 0.15) is 10.4 Å². The van der Waals surface area contributed by atoms with Gasteiger partial charge in [0.2, 0.25) is 0 Å². The first-order valence-electron chi connectivity index (χ1n) is 3.60. The fraction of sp³-hybridized carbons (Fsp3) is 0.125. The molecule has 0 atom stereocenters. The molecule has 0 aliphatic rings. The second kappa shape index (κ2) is 2.85. The fourth-order valence-corrected chi connectivity index (χ4v) is 1.10. The van der Waals surface area contributed by atoms with E-state index in [9.17, 15) is 4.79 Å². The van der Waals surface area contributed by atoms with Crippen molar-refractivity contribution in [3.05, 3.63) is 17.7 Å². The highest BCUT2D eigenvalue weighted by Crippen LogP contribution is 2.21. The van der Waals surface area contributed by atoms with E-state index >= 15 is 0 Å². The van der Waals surface area contributed by atoms with E-state index in [2.05, 4.69) is 14.9 Å². The van der Waals surface area contributed by atoms with Crippen LogP contribution in [0.2, 0.25) is 0 Å². The third-order valence-corrected chi connectivity index (χ3v) is 1.73. The van der Waals surface area contributed by atoms with Crippen LogP contribution in [0, 0.1) is 0 Å². The van der Waals surface area contributed by atoms with Crippen LogP contribution in [0.3, 0.4) is 0 Å². The van der Waals surface area contributed by atoms with Gasteiger partial charge in [-0.2, -0.15) is 0 Å². The zero-order valence-electron chi connectivity index (χ0n) is 6.85. The summed E-state index contributed by atoms with van der Waals surface area (Å²) in [5.41, 5.74) is 1.55. The van der Waals surface area contributed by atoms with Crippen molar-refractivity contribution in [3.63, 3.8) is 0 Å². The summed E-state index contributed by atoms with van der Waals surface area (Å²) in [7, 11) is 1.49. The number of methoxy groups -OCH3 is 1. The Kier molecular flexibility index (Phi) is 1.70. The van der Waals surface area contributed by atoms with Gasteiger partial charge >= 0.3 is 0 Å². The Hall–Kier alpha value is -1.91. The van der Waals surface area contributed by atoms with Crippen LogP contribution < -0.4 is 4.74 Å². The molecule has 0 aliphatic carbocycles. The molecule has 1 heterocycles. The number of hydrogen-bond donors (Lipinski definition) is 0. The van der Waals surface area contributed by atoms with Gasteiger partial charge in [0, 0.05) is 6.07 Å². The minimum absolute atomic E-state index is 0.436. The van der Waals surface area contributed by atoms with E-state index in [1.54, 1.807) is 12.1 Å². The average molecular weight is 178 g/mol. The molecule has 0 amide bonds. The maximum atomic E-state index is 10.6. The van der Waals surface area contributed by atoms with Gasteiger partial charge in [0.05, 0.1) is 12.7 Å².